The van der Waals surface area contributed by atoms with Gasteiger partial charge in [-0.1, -0.05) is 23.7 Å². The zero-order valence-electron chi connectivity index (χ0n) is 15.4. The largest absolute Gasteiger partial charge is 0.508 e. The summed E-state index contributed by atoms with van der Waals surface area (Å²) in [5, 5.41) is 10.7. The normalized spacial score (nSPS) is 21.1. The van der Waals surface area contributed by atoms with Crippen molar-refractivity contribution in [1.29, 1.82) is 0 Å². The molecule has 29 heavy (non-hydrogen) atoms. The molecule has 0 saturated carbocycles. The molecule has 3 aromatic rings. The van der Waals surface area contributed by atoms with Crippen LogP contribution in [0, 0.1) is 0 Å². The van der Waals surface area contributed by atoms with Gasteiger partial charge in [-0.15, -0.1) is 0 Å². The van der Waals surface area contributed by atoms with Gasteiger partial charge in [0.1, 0.15) is 11.3 Å². The minimum atomic E-state index is -0.659. The van der Waals surface area contributed by atoms with Crippen LogP contribution in [0.25, 0.3) is 11.0 Å². The fraction of sp³-hybridized carbons (Fsp3) is 0.273. The van der Waals surface area contributed by atoms with Crippen LogP contribution in [0.5, 0.6) is 5.75 Å². The number of phenols is 1. The fourth-order valence-corrected chi connectivity index (χ4v) is 4.40. The Morgan fingerprint density at radius 2 is 2.03 bits per heavy atom. The molecule has 5 rings (SSSR count). The first-order valence-corrected chi connectivity index (χ1v) is 9.88. The number of phenolic OH excluding ortho intramolecular Hbond substituents is 1. The van der Waals surface area contributed by atoms with Gasteiger partial charge in [-0.2, -0.15) is 0 Å². The Morgan fingerprint density at radius 1 is 1.17 bits per heavy atom. The molecule has 0 unspecified atom stereocenters. The van der Waals surface area contributed by atoms with Gasteiger partial charge in [-0.05, 0) is 48.7 Å². The molecule has 0 aliphatic carbocycles. The van der Waals surface area contributed by atoms with E-state index < -0.39 is 6.04 Å². The Hall–Kier alpha value is -2.83. The summed E-state index contributed by atoms with van der Waals surface area (Å²) in [6.45, 7) is 1.01. The zero-order chi connectivity index (χ0) is 20.1. The molecule has 7 heteroatoms. The second-order valence-corrected chi connectivity index (χ2v) is 7.84. The van der Waals surface area contributed by atoms with Crippen molar-refractivity contribution >= 4 is 28.5 Å². The van der Waals surface area contributed by atoms with Gasteiger partial charge < -0.3 is 19.2 Å². The van der Waals surface area contributed by atoms with Gasteiger partial charge in [-0.3, -0.25) is 9.59 Å². The number of hydrogen-bond donors (Lipinski definition) is 1. The summed E-state index contributed by atoms with van der Waals surface area (Å²) in [4.78, 5) is 28.3. The quantitative estimate of drug-likeness (QED) is 0.707. The predicted octanol–water partition coefficient (Wildman–Crippen LogP) is 3.88. The third-order valence-corrected chi connectivity index (χ3v) is 5.77. The monoisotopic (exact) mass is 411 g/mol. The van der Waals surface area contributed by atoms with Crippen LogP contribution < -0.4 is 5.43 Å². The van der Waals surface area contributed by atoms with Gasteiger partial charge in [0.2, 0.25) is 5.76 Å². The second kappa shape index (κ2) is 6.90. The highest BCUT2D eigenvalue weighted by Gasteiger charge is 2.44. The first-order valence-electron chi connectivity index (χ1n) is 9.50. The minimum absolute atomic E-state index is 0.0381. The molecule has 0 spiro atoms. The van der Waals surface area contributed by atoms with Crippen LogP contribution in [-0.2, 0) is 4.74 Å². The van der Waals surface area contributed by atoms with Crippen molar-refractivity contribution in [2.45, 2.75) is 25.0 Å². The van der Waals surface area contributed by atoms with E-state index in [1.165, 1.54) is 0 Å². The summed E-state index contributed by atoms with van der Waals surface area (Å²) in [5.74, 6) is -0.248. The van der Waals surface area contributed by atoms with Crippen LogP contribution in [0.15, 0.2) is 51.7 Å². The van der Waals surface area contributed by atoms with Gasteiger partial charge in [-0.25, -0.2) is 0 Å². The van der Waals surface area contributed by atoms with E-state index in [9.17, 15) is 14.7 Å². The van der Waals surface area contributed by atoms with Crippen molar-refractivity contribution in [3.8, 4) is 5.75 Å². The average molecular weight is 412 g/mol. The maximum Gasteiger partial charge on any atom is 0.291 e. The van der Waals surface area contributed by atoms with Crippen molar-refractivity contribution in [1.82, 2.24) is 4.90 Å². The molecule has 6 nitrogen and oxygen atoms in total. The summed E-state index contributed by atoms with van der Waals surface area (Å²) in [5.41, 5.74) is 0.942. The third kappa shape index (κ3) is 2.99. The second-order valence-electron chi connectivity index (χ2n) is 7.40. The molecule has 148 valence electrons. The number of halogens is 1. The van der Waals surface area contributed by atoms with Crippen LogP contribution in [-0.4, -0.2) is 35.2 Å². The Kier molecular flexibility index (Phi) is 4.33. The summed E-state index contributed by atoms with van der Waals surface area (Å²) in [6.07, 6.45) is 1.70. The lowest BCUT2D eigenvalue weighted by atomic mass is 9.98. The molecule has 0 bridgehead atoms. The summed E-state index contributed by atoms with van der Waals surface area (Å²) in [6, 6.07) is 10.7. The zero-order valence-corrected chi connectivity index (χ0v) is 16.2. The van der Waals surface area contributed by atoms with E-state index in [-0.39, 0.29) is 34.5 Å². The number of carbonyl (C=O) groups is 1. The molecule has 2 aliphatic rings. The van der Waals surface area contributed by atoms with E-state index in [0.717, 1.165) is 12.8 Å². The maximum atomic E-state index is 13.4. The Bertz CT molecular complexity index is 1180. The number of nitrogens with zero attached hydrogens (tertiary/aromatic N) is 1. The standard InChI is InChI=1S/C22H18ClNO5/c23-13-6-7-17-16(10-13)20(26)18-19(12-3-1-4-14(25)9-12)24(22(27)21(18)29-17)11-15-5-2-8-28-15/h1,3-4,6-7,9-10,15,19,25H,2,5,8,11H2/t15-,19+/m0/s1. The lowest BCUT2D eigenvalue weighted by Gasteiger charge is -2.27. The minimum Gasteiger partial charge on any atom is -0.508 e. The maximum absolute atomic E-state index is 13.4. The molecule has 2 aliphatic heterocycles. The summed E-state index contributed by atoms with van der Waals surface area (Å²) >= 11 is 6.08. The number of rotatable bonds is 3. The topological polar surface area (TPSA) is 80.0 Å². The average Bonchev–Trinajstić information content (AvgIpc) is 3.31. The molecule has 0 radical (unpaired) electrons. The van der Waals surface area contributed by atoms with E-state index in [1.54, 1.807) is 47.4 Å². The predicted molar refractivity (Wildman–Crippen MR) is 107 cm³/mol. The van der Waals surface area contributed by atoms with E-state index >= 15 is 0 Å². The van der Waals surface area contributed by atoms with Crippen LogP contribution in [0.2, 0.25) is 5.02 Å². The lowest BCUT2D eigenvalue weighted by Crippen LogP contribution is -2.36. The molecule has 2 aromatic carbocycles. The molecule has 1 amide bonds. The van der Waals surface area contributed by atoms with Crippen molar-refractivity contribution < 1.29 is 19.1 Å². The smallest absolute Gasteiger partial charge is 0.291 e. The van der Waals surface area contributed by atoms with E-state index in [0.29, 0.717) is 34.7 Å². The number of hydrogen-bond acceptors (Lipinski definition) is 5. The molecule has 1 fully saturated rings. The highest BCUT2D eigenvalue weighted by Crippen LogP contribution is 2.39. The number of benzene rings is 2. The van der Waals surface area contributed by atoms with E-state index in [4.69, 9.17) is 20.8 Å². The van der Waals surface area contributed by atoms with Crippen molar-refractivity contribution in [2.75, 3.05) is 13.2 Å². The Morgan fingerprint density at radius 3 is 2.79 bits per heavy atom. The van der Waals surface area contributed by atoms with Crippen LogP contribution in [0.3, 0.4) is 0 Å². The number of ether oxygens (including phenoxy) is 1. The molecular weight excluding hydrogens is 394 g/mol. The number of aromatic hydroxyl groups is 1. The van der Waals surface area contributed by atoms with Crippen molar-refractivity contribution in [2.24, 2.45) is 0 Å². The molecule has 3 heterocycles. The van der Waals surface area contributed by atoms with Gasteiger partial charge in [0, 0.05) is 18.2 Å². The Labute approximate surface area is 171 Å². The van der Waals surface area contributed by atoms with Gasteiger partial charge in [0.25, 0.3) is 5.91 Å². The Balaban J connectivity index is 1.72. The molecular formula is C22H18ClNO5. The number of amides is 1. The van der Waals surface area contributed by atoms with Crippen molar-refractivity contribution in [3.63, 3.8) is 0 Å². The molecule has 1 saturated heterocycles. The third-order valence-electron chi connectivity index (χ3n) is 5.54. The highest BCUT2D eigenvalue weighted by molar-refractivity contribution is 6.31. The highest BCUT2D eigenvalue weighted by atomic mass is 35.5. The lowest BCUT2D eigenvalue weighted by molar-refractivity contribution is 0.0486. The van der Waals surface area contributed by atoms with Crippen molar-refractivity contribution in [3.05, 3.63) is 74.6 Å². The molecule has 1 aromatic heterocycles. The molecule has 2 atom stereocenters. The van der Waals surface area contributed by atoms with E-state index in [2.05, 4.69) is 0 Å². The fourth-order valence-electron chi connectivity index (χ4n) is 4.23. The summed E-state index contributed by atoms with van der Waals surface area (Å²) < 4.78 is 11.6. The van der Waals surface area contributed by atoms with Crippen LogP contribution in [0.1, 0.15) is 40.6 Å². The SMILES string of the molecule is O=C1c2oc3ccc(Cl)cc3c(=O)c2[C@@H](c2cccc(O)c2)N1C[C@@H]1CCCO1. The van der Waals surface area contributed by atoms with Gasteiger partial charge in [0.15, 0.2) is 5.43 Å². The molecule has 1 N–H and O–H groups in total. The van der Waals surface area contributed by atoms with Crippen LogP contribution in [0.4, 0.5) is 0 Å². The first kappa shape index (κ1) is 18.2. The number of carbonyl (C=O) groups excluding carboxylic acids is 1. The summed E-state index contributed by atoms with van der Waals surface area (Å²) in [7, 11) is 0. The number of fused-ring (bicyclic) bond motifs is 2. The van der Waals surface area contributed by atoms with Gasteiger partial charge in [0.05, 0.1) is 23.1 Å². The first-order chi connectivity index (χ1) is 14.0. The van der Waals surface area contributed by atoms with Crippen LogP contribution >= 0.6 is 11.6 Å². The van der Waals surface area contributed by atoms with E-state index in [1.807, 2.05) is 0 Å². The van der Waals surface area contributed by atoms with Gasteiger partial charge >= 0.3 is 0 Å².